The first-order valence-corrected chi connectivity index (χ1v) is 11.2. The Hall–Kier alpha value is -3.94. The van der Waals surface area contributed by atoms with Gasteiger partial charge in [0.05, 0.1) is 19.9 Å². The molecule has 0 fully saturated rings. The van der Waals surface area contributed by atoms with Crippen molar-refractivity contribution in [1.29, 1.82) is 0 Å². The van der Waals surface area contributed by atoms with E-state index in [9.17, 15) is 9.59 Å². The monoisotopic (exact) mass is 464 g/mol. The molecule has 0 bridgehead atoms. The van der Waals surface area contributed by atoms with E-state index in [2.05, 4.69) is 0 Å². The molecule has 0 saturated carbocycles. The van der Waals surface area contributed by atoms with Crippen LogP contribution >= 0.6 is 0 Å². The van der Waals surface area contributed by atoms with Gasteiger partial charge in [0.2, 0.25) is 12.7 Å². The maximum absolute atomic E-state index is 13.4. The minimum absolute atomic E-state index is 0.0377. The van der Waals surface area contributed by atoms with E-state index >= 15 is 0 Å². The molecule has 8 heteroatoms. The maximum Gasteiger partial charge on any atom is 0.254 e. The van der Waals surface area contributed by atoms with Crippen LogP contribution in [0.4, 0.5) is 0 Å². The van der Waals surface area contributed by atoms with Gasteiger partial charge in [-0.25, -0.2) is 0 Å². The third kappa shape index (κ3) is 5.51. The van der Waals surface area contributed by atoms with Crippen LogP contribution in [-0.2, 0) is 17.9 Å². The molecule has 0 unspecified atom stereocenters. The molecule has 2 aromatic carbocycles. The first-order chi connectivity index (χ1) is 16.6. The number of methoxy groups -OCH3 is 1. The predicted molar refractivity (Wildman–Crippen MR) is 125 cm³/mol. The Balaban J connectivity index is 1.51. The number of amides is 2. The minimum atomic E-state index is -0.195. The van der Waals surface area contributed by atoms with Crippen molar-refractivity contribution in [3.63, 3.8) is 0 Å². The van der Waals surface area contributed by atoms with Crippen molar-refractivity contribution in [2.45, 2.75) is 26.4 Å². The Morgan fingerprint density at radius 3 is 2.47 bits per heavy atom. The summed E-state index contributed by atoms with van der Waals surface area (Å²) >= 11 is 0. The Kier molecular flexibility index (Phi) is 7.37. The summed E-state index contributed by atoms with van der Waals surface area (Å²) in [6.45, 7) is 3.22. The van der Waals surface area contributed by atoms with Crippen molar-refractivity contribution in [3.05, 3.63) is 77.7 Å². The number of carbonyl (C=O) groups is 2. The van der Waals surface area contributed by atoms with E-state index in [0.29, 0.717) is 41.7 Å². The van der Waals surface area contributed by atoms with E-state index in [1.54, 1.807) is 53.5 Å². The van der Waals surface area contributed by atoms with Gasteiger partial charge in [-0.3, -0.25) is 9.59 Å². The van der Waals surface area contributed by atoms with Gasteiger partial charge in [0.1, 0.15) is 18.1 Å². The number of rotatable bonds is 10. The smallest absolute Gasteiger partial charge is 0.254 e. The molecule has 0 saturated heterocycles. The lowest BCUT2D eigenvalue weighted by molar-refractivity contribution is -0.133. The number of furan rings is 1. The summed E-state index contributed by atoms with van der Waals surface area (Å²) in [6, 6.07) is 16.1. The number of benzene rings is 2. The fraction of sp³-hybridized carbons (Fsp3) is 0.308. The zero-order valence-corrected chi connectivity index (χ0v) is 19.4. The molecule has 34 heavy (non-hydrogen) atoms. The molecule has 4 rings (SSSR count). The van der Waals surface area contributed by atoms with Gasteiger partial charge >= 0.3 is 0 Å². The maximum atomic E-state index is 13.4. The van der Waals surface area contributed by atoms with Gasteiger partial charge in [0.25, 0.3) is 5.91 Å². The molecule has 1 aliphatic heterocycles. The van der Waals surface area contributed by atoms with Crippen molar-refractivity contribution < 1.29 is 28.2 Å². The summed E-state index contributed by atoms with van der Waals surface area (Å²) in [7, 11) is 1.58. The highest BCUT2D eigenvalue weighted by molar-refractivity contribution is 5.96. The van der Waals surface area contributed by atoms with E-state index in [1.165, 1.54) is 0 Å². The van der Waals surface area contributed by atoms with Crippen LogP contribution in [0.15, 0.2) is 65.3 Å². The number of hydrogen-bond acceptors (Lipinski definition) is 6. The van der Waals surface area contributed by atoms with Crippen LogP contribution < -0.4 is 14.2 Å². The second-order valence-corrected chi connectivity index (χ2v) is 7.97. The fourth-order valence-corrected chi connectivity index (χ4v) is 3.78. The SMILES string of the molecule is CCCN(CC(=O)N(Cc1ccc2c(c1)OCO2)Cc1ccco1)C(=O)c1ccc(OC)cc1. The van der Waals surface area contributed by atoms with Crippen LogP contribution in [-0.4, -0.2) is 48.6 Å². The van der Waals surface area contributed by atoms with Gasteiger partial charge in [-0.1, -0.05) is 13.0 Å². The highest BCUT2D eigenvalue weighted by atomic mass is 16.7. The zero-order valence-electron chi connectivity index (χ0n) is 19.4. The van der Waals surface area contributed by atoms with Crippen LogP contribution in [0.1, 0.15) is 35.0 Å². The van der Waals surface area contributed by atoms with Crippen molar-refractivity contribution in [2.24, 2.45) is 0 Å². The molecular formula is C26H28N2O6. The molecular weight excluding hydrogens is 436 g/mol. The molecule has 1 aliphatic rings. The van der Waals surface area contributed by atoms with E-state index in [0.717, 1.165) is 12.0 Å². The Labute approximate surface area is 198 Å². The first kappa shape index (κ1) is 23.2. The standard InChI is InChI=1S/C26H28N2O6/c1-3-12-27(26(30)20-7-9-21(31-2)10-8-20)17-25(29)28(16-22-5-4-13-32-22)15-19-6-11-23-24(14-19)34-18-33-23/h4-11,13-14H,3,12,15-18H2,1-2H3. The molecule has 0 atom stereocenters. The Bertz CT molecular complexity index is 1110. The predicted octanol–water partition coefficient (Wildman–Crippen LogP) is 4.10. The van der Waals surface area contributed by atoms with Crippen LogP contribution in [0.3, 0.4) is 0 Å². The van der Waals surface area contributed by atoms with Crippen molar-refractivity contribution in [1.82, 2.24) is 9.80 Å². The Morgan fingerprint density at radius 1 is 0.971 bits per heavy atom. The third-order valence-electron chi connectivity index (χ3n) is 5.53. The molecule has 0 spiro atoms. The average Bonchev–Trinajstić information content (AvgIpc) is 3.54. The molecule has 2 heterocycles. The van der Waals surface area contributed by atoms with E-state index in [-0.39, 0.29) is 31.7 Å². The summed E-state index contributed by atoms with van der Waals surface area (Å²) < 4.78 is 21.5. The van der Waals surface area contributed by atoms with Crippen LogP contribution in [0.25, 0.3) is 0 Å². The van der Waals surface area contributed by atoms with Gasteiger partial charge in [-0.05, 0) is 60.5 Å². The normalized spacial score (nSPS) is 11.8. The van der Waals surface area contributed by atoms with Gasteiger partial charge in [-0.2, -0.15) is 0 Å². The molecule has 1 aromatic heterocycles. The number of carbonyl (C=O) groups excluding carboxylic acids is 2. The highest BCUT2D eigenvalue weighted by Gasteiger charge is 2.24. The number of ether oxygens (including phenoxy) is 3. The molecule has 2 amide bonds. The first-order valence-electron chi connectivity index (χ1n) is 11.2. The molecule has 8 nitrogen and oxygen atoms in total. The summed E-state index contributed by atoms with van der Waals surface area (Å²) in [4.78, 5) is 29.9. The summed E-state index contributed by atoms with van der Waals surface area (Å²) in [5.41, 5.74) is 1.41. The van der Waals surface area contributed by atoms with E-state index in [1.807, 2.05) is 31.2 Å². The van der Waals surface area contributed by atoms with E-state index < -0.39 is 0 Å². The summed E-state index contributed by atoms with van der Waals surface area (Å²) in [6.07, 6.45) is 2.31. The second-order valence-electron chi connectivity index (χ2n) is 7.97. The van der Waals surface area contributed by atoms with Crippen molar-refractivity contribution >= 4 is 11.8 Å². The zero-order chi connectivity index (χ0) is 23.9. The number of nitrogens with zero attached hydrogens (tertiary/aromatic N) is 2. The van der Waals surface area contributed by atoms with Crippen LogP contribution in [0, 0.1) is 0 Å². The van der Waals surface area contributed by atoms with Crippen LogP contribution in [0.2, 0.25) is 0 Å². The molecule has 0 radical (unpaired) electrons. The van der Waals surface area contributed by atoms with Gasteiger partial charge in [0, 0.05) is 18.7 Å². The highest BCUT2D eigenvalue weighted by Crippen LogP contribution is 2.33. The third-order valence-corrected chi connectivity index (χ3v) is 5.53. The number of hydrogen-bond donors (Lipinski definition) is 0. The summed E-state index contributed by atoms with van der Waals surface area (Å²) in [5.74, 6) is 2.31. The minimum Gasteiger partial charge on any atom is -0.497 e. The lowest BCUT2D eigenvalue weighted by Gasteiger charge is -2.27. The van der Waals surface area contributed by atoms with Crippen molar-refractivity contribution in [3.8, 4) is 17.2 Å². The topological polar surface area (TPSA) is 81.5 Å². The number of fused-ring (bicyclic) bond motifs is 1. The van der Waals surface area contributed by atoms with E-state index in [4.69, 9.17) is 18.6 Å². The molecule has 3 aromatic rings. The molecule has 178 valence electrons. The quantitative estimate of drug-likeness (QED) is 0.449. The van der Waals surface area contributed by atoms with Gasteiger partial charge in [-0.15, -0.1) is 0 Å². The van der Waals surface area contributed by atoms with Crippen LogP contribution in [0.5, 0.6) is 17.2 Å². The van der Waals surface area contributed by atoms with Crippen molar-refractivity contribution in [2.75, 3.05) is 27.0 Å². The lowest BCUT2D eigenvalue weighted by atomic mass is 10.1. The Morgan fingerprint density at radius 2 is 1.76 bits per heavy atom. The van der Waals surface area contributed by atoms with Gasteiger partial charge in [0.15, 0.2) is 11.5 Å². The summed E-state index contributed by atoms with van der Waals surface area (Å²) in [5, 5.41) is 0. The lowest BCUT2D eigenvalue weighted by Crippen LogP contribution is -2.42. The largest absolute Gasteiger partial charge is 0.497 e. The van der Waals surface area contributed by atoms with Gasteiger partial charge < -0.3 is 28.4 Å². The molecule has 0 N–H and O–H groups in total. The fourth-order valence-electron chi connectivity index (χ4n) is 3.78. The molecule has 0 aliphatic carbocycles. The second kappa shape index (κ2) is 10.8. The average molecular weight is 465 g/mol.